The van der Waals surface area contributed by atoms with Gasteiger partial charge in [0, 0.05) is 10.1 Å². The van der Waals surface area contributed by atoms with Crippen LogP contribution in [0.3, 0.4) is 0 Å². The summed E-state index contributed by atoms with van der Waals surface area (Å²) in [7, 11) is -0.770. The average Bonchev–Trinajstić information content (AvgIpc) is 2.30. The molecule has 2 rings (SSSR count). The van der Waals surface area contributed by atoms with Gasteiger partial charge in [0.25, 0.3) is 0 Å². The molecule has 0 unspecified atom stereocenters. The minimum absolute atomic E-state index is 0.408. The smallest absolute Gasteiger partial charge is 0.0560 e. The Morgan fingerprint density at radius 1 is 1.00 bits per heavy atom. The lowest BCUT2D eigenvalue weighted by Gasteiger charge is -2.20. The molecule has 0 N–H and O–H groups in total. The number of hydrogen-bond acceptors (Lipinski definition) is 1. The van der Waals surface area contributed by atoms with Gasteiger partial charge in [0.15, 0.2) is 0 Å². The molecule has 1 atom stereocenters. The lowest BCUT2D eigenvalue weighted by Crippen LogP contribution is -2.18. The summed E-state index contributed by atoms with van der Waals surface area (Å²) in [5.74, 6) is 0. The van der Waals surface area contributed by atoms with Crippen LogP contribution in [-0.4, -0.2) is 9.46 Å². The lowest BCUT2D eigenvalue weighted by atomic mass is 10.0. The minimum atomic E-state index is -0.770. The van der Waals surface area contributed by atoms with E-state index in [0.29, 0.717) is 5.25 Å². The molecule has 0 radical (unpaired) electrons. The van der Waals surface area contributed by atoms with Gasteiger partial charge in [-0.3, -0.25) is 4.21 Å². The Balaban J connectivity index is 2.07. The first-order valence-corrected chi connectivity index (χ1v) is 6.55. The normalized spacial score (nSPS) is 20.6. The largest absolute Gasteiger partial charge is 0.254 e. The van der Waals surface area contributed by atoms with Crippen LogP contribution < -0.4 is 0 Å². The molecule has 1 aliphatic rings. The predicted molar refractivity (Wildman–Crippen MR) is 59.7 cm³/mol. The fraction of sp³-hybridized carbons (Fsp3) is 0.500. The van der Waals surface area contributed by atoms with Gasteiger partial charge in [0.05, 0.1) is 10.8 Å². The van der Waals surface area contributed by atoms with Crippen molar-refractivity contribution >= 4 is 10.8 Å². The molecule has 1 aromatic rings. The molecule has 14 heavy (non-hydrogen) atoms. The van der Waals surface area contributed by atoms with Gasteiger partial charge in [-0.05, 0) is 25.0 Å². The lowest BCUT2D eigenvalue weighted by molar-refractivity contribution is 0.504. The second kappa shape index (κ2) is 4.74. The summed E-state index contributed by atoms with van der Waals surface area (Å²) in [5.41, 5.74) is 0. The van der Waals surface area contributed by atoms with Gasteiger partial charge in [-0.1, -0.05) is 37.5 Å². The summed E-state index contributed by atoms with van der Waals surface area (Å²) in [6, 6.07) is 9.86. The van der Waals surface area contributed by atoms with Crippen molar-refractivity contribution in [3.05, 3.63) is 30.3 Å². The molecule has 2 heteroatoms. The van der Waals surface area contributed by atoms with Gasteiger partial charge in [0.2, 0.25) is 0 Å². The highest BCUT2D eigenvalue weighted by Crippen LogP contribution is 2.25. The highest BCUT2D eigenvalue weighted by molar-refractivity contribution is 7.85. The quantitative estimate of drug-likeness (QED) is 0.729. The van der Waals surface area contributed by atoms with E-state index in [-0.39, 0.29) is 0 Å². The number of rotatable bonds is 2. The number of hydrogen-bond donors (Lipinski definition) is 0. The summed E-state index contributed by atoms with van der Waals surface area (Å²) >= 11 is 0. The van der Waals surface area contributed by atoms with Gasteiger partial charge >= 0.3 is 0 Å². The SMILES string of the molecule is O=[S@@](c1ccccc1)C1CCCCC1. The topological polar surface area (TPSA) is 17.1 Å². The fourth-order valence-corrected chi connectivity index (χ4v) is 3.60. The predicted octanol–water partition coefficient (Wildman–Crippen LogP) is 3.13. The maximum atomic E-state index is 12.1. The summed E-state index contributed by atoms with van der Waals surface area (Å²) in [4.78, 5) is 0.999. The van der Waals surface area contributed by atoms with E-state index in [0.717, 1.165) is 17.7 Å². The van der Waals surface area contributed by atoms with Crippen LogP contribution in [0.2, 0.25) is 0 Å². The third-order valence-electron chi connectivity index (χ3n) is 2.83. The van der Waals surface area contributed by atoms with E-state index in [1.807, 2.05) is 30.3 Å². The van der Waals surface area contributed by atoms with Gasteiger partial charge in [-0.25, -0.2) is 0 Å². The zero-order valence-corrected chi connectivity index (χ0v) is 9.13. The molecule has 76 valence electrons. The Bertz CT molecular complexity index is 301. The Labute approximate surface area is 88.0 Å². The molecule has 0 spiro atoms. The first kappa shape index (κ1) is 9.91. The van der Waals surface area contributed by atoms with Gasteiger partial charge < -0.3 is 0 Å². The number of benzene rings is 1. The van der Waals surface area contributed by atoms with E-state index in [1.54, 1.807) is 0 Å². The molecular formula is C12H16OS. The summed E-state index contributed by atoms with van der Waals surface area (Å²) < 4.78 is 12.1. The third-order valence-corrected chi connectivity index (χ3v) is 4.64. The van der Waals surface area contributed by atoms with Crippen LogP contribution >= 0.6 is 0 Å². The van der Waals surface area contributed by atoms with Crippen molar-refractivity contribution in [2.75, 3.05) is 0 Å². The van der Waals surface area contributed by atoms with Gasteiger partial charge in [-0.2, -0.15) is 0 Å². The van der Waals surface area contributed by atoms with Crippen LogP contribution in [0, 0.1) is 0 Å². The highest BCUT2D eigenvalue weighted by Gasteiger charge is 2.20. The first-order chi connectivity index (χ1) is 6.88. The van der Waals surface area contributed by atoms with Crippen molar-refractivity contribution in [3.63, 3.8) is 0 Å². The Kier molecular flexibility index (Phi) is 3.35. The van der Waals surface area contributed by atoms with Crippen molar-refractivity contribution in [2.45, 2.75) is 42.2 Å². The van der Waals surface area contributed by atoms with E-state index in [4.69, 9.17) is 0 Å². The summed E-state index contributed by atoms with van der Waals surface area (Å²) in [6.45, 7) is 0. The van der Waals surface area contributed by atoms with Gasteiger partial charge in [-0.15, -0.1) is 0 Å². The molecular weight excluding hydrogens is 192 g/mol. The Hall–Kier alpha value is -0.630. The van der Waals surface area contributed by atoms with Crippen LogP contribution in [0.15, 0.2) is 35.2 Å². The maximum Gasteiger partial charge on any atom is 0.0560 e. The molecule has 0 aromatic heterocycles. The fourth-order valence-electron chi connectivity index (χ4n) is 2.03. The second-order valence-electron chi connectivity index (χ2n) is 3.87. The van der Waals surface area contributed by atoms with E-state index < -0.39 is 10.8 Å². The standard InChI is InChI=1S/C12H16OS/c13-14(11-7-3-1-4-8-11)12-9-5-2-6-10-12/h1,3-4,7-8,12H,2,5-6,9-10H2/t14-/m0/s1. The van der Waals surface area contributed by atoms with Crippen LogP contribution in [0.4, 0.5) is 0 Å². The zero-order chi connectivity index (χ0) is 9.80. The van der Waals surface area contributed by atoms with Crippen LogP contribution in [0.25, 0.3) is 0 Å². The van der Waals surface area contributed by atoms with Crippen molar-refractivity contribution in [3.8, 4) is 0 Å². The van der Waals surface area contributed by atoms with Crippen molar-refractivity contribution in [1.29, 1.82) is 0 Å². The maximum absolute atomic E-state index is 12.1. The molecule has 1 aliphatic carbocycles. The zero-order valence-electron chi connectivity index (χ0n) is 8.32. The van der Waals surface area contributed by atoms with Crippen LogP contribution in [-0.2, 0) is 10.8 Å². The molecule has 0 bridgehead atoms. The van der Waals surface area contributed by atoms with E-state index in [1.165, 1.54) is 19.3 Å². The van der Waals surface area contributed by atoms with Crippen LogP contribution in [0.1, 0.15) is 32.1 Å². The van der Waals surface area contributed by atoms with E-state index >= 15 is 0 Å². The summed E-state index contributed by atoms with van der Waals surface area (Å²) in [5, 5.41) is 0.408. The Morgan fingerprint density at radius 3 is 2.29 bits per heavy atom. The summed E-state index contributed by atoms with van der Waals surface area (Å²) in [6.07, 6.45) is 6.11. The first-order valence-electron chi connectivity index (χ1n) is 5.33. The Morgan fingerprint density at radius 2 is 1.64 bits per heavy atom. The highest BCUT2D eigenvalue weighted by atomic mass is 32.2. The molecule has 1 aromatic carbocycles. The molecule has 1 saturated carbocycles. The minimum Gasteiger partial charge on any atom is -0.254 e. The van der Waals surface area contributed by atoms with E-state index in [9.17, 15) is 4.21 Å². The second-order valence-corrected chi connectivity index (χ2v) is 5.60. The average molecular weight is 208 g/mol. The third kappa shape index (κ3) is 2.24. The molecule has 1 fully saturated rings. The van der Waals surface area contributed by atoms with Crippen molar-refractivity contribution in [1.82, 2.24) is 0 Å². The monoisotopic (exact) mass is 208 g/mol. The molecule has 1 nitrogen and oxygen atoms in total. The molecule has 0 amide bonds. The molecule has 0 heterocycles. The van der Waals surface area contributed by atoms with Gasteiger partial charge in [0.1, 0.15) is 0 Å². The van der Waals surface area contributed by atoms with Crippen molar-refractivity contribution in [2.24, 2.45) is 0 Å². The van der Waals surface area contributed by atoms with E-state index in [2.05, 4.69) is 0 Å². The molecule has 0 saturated heterocycles. The molecule has 0 aliphatic heterocycles. The van der Waals surface area contributed by atoms with Crippen molar-refractivity contribution < 1.29 is 4.21 Å². The van der Waals surface area contributed by atoms with Crippen LogP contribution in [0.5, 0.6) is 0 Å².